The van der Waals surface area contributed by atoms with Crippen molar-refractivity contribution in [3.8, 4) is 11.3 Å². The minimum atomic E-state index is -4.66. The zero-order valence-corrected chi connectivity index (χ0v) is 38.2. The highest BCUT2D eigenvalue weighted by molar-refractivity contribution is 7.86. The van der Waals surface area contributed by atoms with Gasteiger partial charge in [-0.1, -0.05) is 45.1 Å². The summed E-state index contributed by atoms with van der Waals surface area (Å²) in [4.78, 5) is 43.2. The maximum Gasteiger partial charge on any atom is 0.333 e. The molecule has 20 heteroatoms. The first kappa shape index (κ1) is 49.0. The van der Waals surface area contributed by atoms with E-state index in [4.69, 9.17) is 9.25 Å². The lowest BCUT2D eigenvalue weighted by molar-refractivity contribution is -0.197. The van der Waals surface area contributed by atoms with Crippen molar-refractivity contribution in [2.75, 3.05) is 36.0 Å². The van der Waals surface area contributed by atoms with E-state index in [1.54, 1.807) is 36.1 Å². The minimum absolute atomic E-state index is 0.0408. The van der Waals surface area contributed by atoms with Crippen LogP contribution in [0.15, 0.2) is 81.8 Å². The van der Waals surface area contributed by atoms with Crippen molar-refractivity contribution in [2.45, 2.75) is 95.3 Å². The predicted molar refractivity (Wildman–Crippen MR) is 233 cm³/mol. The molecule has 1 aromatic carbocycles. The van der Waals surface area contributed by atoms with Crippen molar-refractivity contribution in [3.63, 3.8) is 0 Å². The Kier molecular flexibility index (Phi) is 15.1. The Hall–Kier alpha value is -4.99. The van der Waals surface area contributed by atoms with E-state index in [9.17, 15) is 53.3 Å². The second-order valence-electron chi connectivity index (χ2n) is 16.7. The number of allylic oxidation sites excluding steroid dienone is 5. The van der Waals surface area contributed by atoms with Gasteiger partial charge < -0.3 is 18.7 Å². The van der Waals surface area contributed by atoms with Crippen LogP contribution in [0.5, 0.6) is 0 Å². The number of rotatable bonds is 18. The third-order valence-electron chi connectivity index (χ3n) is 10.9. The van der Waals surface area contributed by atoms with Gasteiger partial charge in [-0.2, -0.15) is 16.8 Å². The van der Waals surface area contributed by atoms with Gasteiger partial charge in [-0.3, -0.25) is 18.7 Å². The van der Waals surface area contributed by atoms with E-state index < -0.39 is 59.3 Å². The van der Waals surface area contributed by atoms with Gasteiger partial charge in [0.05, 0.1) is 26.8 Å². The number of carbonyl (C=O) groups is 3. The second-order valence-corrected chi connectivity index (χ2v) is 21.2. The van der Waals surface area contributed by atoms with Gasteiger partial charge in [0.1, 0.15) is 24.6 Å². The van der Waals surface area contributed by atoms with Crippen LogP contribution in [-0.2, 0) is 60.4 Å². The van der Waals surface area contributed by atoms with E-state index in [2.05, 4.69) is 0 Å². The fourth-order valence-electron chi connectivity index (χ4n) is 7.67. The van der Waals surface area contributed by atoms with E-state index in [-0.39, 0.29) is 67.6 Å². The van der Waals surface area contributed by atoms with E-state index in [1.807, 2.05) is 62.6 Å². The van der Waals surface area contributed by atoms with Crippen LogP contribution >= 0.6 is 0 Å². The van der Waals surface area contributed by atoms with Crippen LogP contribution in [0.25, 0.3) is 17.4 Å². The van der Waals surface area contributed by atoms with Gasteiger partial charge in [-0.05, 0) is 80.6 Å². The SMILES string of the molecule is CC[N+](CCCS(=O)(=O)O)=c1ccc2c(/C=C/C=C/C=C3\N(CCCS(=O)(=O)[O-])c4ccc(S(=O)(=O)O)cc4C3(C)CCCC(=O)ON3C(=O)CCC3=O)cc(C(C)(C)C)oc-2c1. The number of nitrogens with zero attached hydrogens (tertiary/aromatic N) is 3. The normalized spacial score (nSPS) is 18.7. The number of anilines is 1. The minimum Gasteiger partial charge on any atom is -0.748 e. The van der Waals surface area contributed by atoms with Crippen molar-refractivity contribution < 1.29 is 62.5 Å². The molecule has 0 aromatic heterocycles. The summed E-state index contributed by atoms with van der Waals surface area (Å²) in [6.07, 6.45) is 9.07. The molecule has 1 fully saturated rings. The molecule has 5 rings (SSSR count). The molecule has 342 valence electrons. The smallest absolute Gasteiger partial charge is 0.333 e. The lowest BCUT2D eigenvalue weighted by Crippen LogP contribution is -2.32. The van der Waals surface area contributed by atoms with Crippen molar-refractivity contribution >= 4 is 59.9 Å². The van der Waals surface area contributed by atoms with E-state index in [0.29, 0.717) is 46.6 Å². The molecule has 1 saturated heterocycles. The van der Waals surface area contributed by atoms with Crippen LogP contribution in [0.4, 0.5) is 5.69 Å². The number of hydrogen-bond donors (Lipinski definition) is 2. The number of hydrogen-bond acceptors (Lipinski definition) is 13. The molecule has 2 amide bonds. The highest BCUT2D eigenvalue weighted by Crippen LogP contribution is 2.51. The molecule has 0 saturated carbocycles. The molecule has 0 radical (unpaired) electrons. The van der Waals surface area contributed by atoms with Crippen LogP contribution in [0.1, 0.15) is 96.5 Å². The maximum atomic E-state index is 12.8. The fraction of sp³-hybridized carbons (Fsp3) is 0.442. The first-order valence-electron chi connectivity index (χ1n) is 20.4. The van der Waals surface area contributed by atoms with Crippen LogP contribution in [0.2, 0.25) is 0 Å². The van der Waals surface area contributed by atoms with Gasteiger partial charge in [0.2, 0.25) is 5.36 Å². The van der Waals surface area contributed by atoms with Gasteiger partial charge in [0.25, 0.3) is 32.1 Å². The van der Waals surface area contributed by atoms with Crippen molar-refractivity contribution in [2.24, 2.45) is 0 Å². The Balaban J connectivity index is 1.52. The molecule has 63 heavy (non-hydrogen) atoms. The number of imide groups is 1. The lowest BCUT2D eigenvalue weighted by Gasteiger charge is -2.30. The van der Waals surface area contributed by atoms with Gasteiger partial charge >= 0.3 is 5.97 Å². The monoisotopic (exact) mass is 931 g/mol. The summed E-state index contributed by atoms with van der Waals surface area (Å²) in [5.74, 6) is -1.80. The Morgan fingerprint density at radius 1 is 0.937 bits per heavy atom. The summed E-state index contributed by atoms with van der Waals surface area (Å²) in [6.45, 7) is 10.8. The van der Waals surface area contributed by atoms with Crippen LogP contribution in [0, 0.1) is 0 Å². The average Bonchev–Trinajstić information content (AvgIpc) is 3.61. The summed E-state index contributed by atoms with van der Waals surface area (Å²) >= 11 is 0. The quantitative estimate of drug-likeness (QED) is 0.0742. The Morgan fingerprint density at radius 3 is 2.25 bits per heavy atom. The summed E-state index contributed by atoms with van der Waals surface area (Å²) in [5.41, 5.74) is 1.71. The Bertz CT molecular complexity index is 2710. The highest BCUT2D eigenvalue weighted by atomic mass is 32.2. The molecule has 0 bridgehead atoms. The number of benzene rings is 2. The third-order valence-corrected chi connectivity index (χ3v) is 13.3. The average molecular weight is 932 g/mol. The zero-order chi connectivity index (χ0) is 46.5. The van der Waals surface area contributed by atoms with Crippen molar-refractivity contribution in [3.05, 3.63) is 94.7 Å². The van der Waals surface area contributed by atoms with Gasteiger partial charge in [0, 0.05) is 71.8 Å². The third kappa shape index (κ3) is 12.6. The fourth-order valence-corrected chi connectivity index (χ4v) is 9.15. The molecule has 1 aliphatic carbocycles. The standard InChI is InChI=1S/C43H53N3O14S3/c1-6-44(23-11-25-61(50,51)52)31-16-18-33-30(27-38(42(2,3)4)59-36(33)28-31)13-8-7-9-14-37-43(5,22-10-15-41(49)60-46-39(47)20-21-40(46)48)34-29-32(63(56,57)58)17-19-35(34)45(37)24-12-26-62(53,54)55/h7-9,13-14,16-19,27-29H,6,10-12,15,20-26H2,1-5H3,(H2-,50,51,52,53,54,55,56,57,58). The first-order valence-corrected chi connectivity index (χ1v) is 25.0. The summed E-state index contributed by atoms with van der Waals surface area (Å²) in [6, 6.07) is 11.7. The Labute approximate surface area is 368 Å². The number of hydroxylamine groups is 2. The van der Waals surface area contributed by atoms with Crippen LogP contribution in [-0.4, -0.2) is 92.9 Å². The van der Waals surface area contributed by atoms with Crippen LogP contribution in [0.3, 0.4) is 0 Å². The number of carbonyl (C=O) groups excluding carboxylic acids is 3. The number of amides is 2. The topological polar surface area (TPSA) is 249 Å². The van der Waals surface area contributed by atoms with Crippen molar-refractivity contribution in [1.29, 1.82) is 0 Å². The Morgan fingerprint density at radius 2 is 1.63 bits per heavy atom. The molecule has 1 unspecified atom stereocenters. The van der Waals surface area contributed by atoms with E-state index in [1.165, 1.54) is 18.2 Å². The first-order chi connectivity index (χ1) is 29.3. The van der Waals surface area contributed by atoms with Crippen molar-refractivity contribution in [1.82, 2.24) is 9.64 Å². The summed E-state index contributed by atoms with van der Waals surface area (Å²) in [7, 11) is -13.3. The molecule has 17 nitrogen and oxygen atoms in total. The molecular formula is C43H53N3O14S3. The van der Waals surface area contributed by atoms with Gasteiger partial charge in [0.15, 0.2) is 0 Å². The van der Waals surface area contributed by atoms with Gasteiger partial charge in [-0.15, -0.1) is 5.06 Å². The molecule has 1 aromatic rings. The van der Waals surface area contributed by atoms with E-state index >= 15 is 0 Å². The molecular weight excluding hydrogens is 879 g/mol. The number of fused-ring (bicyclic) bond motifs is 2. The highest BCUT2D eigenvalue weighted by Gasteiger charge is 2.44. The largest absolute Gasteiger partial charge is 0.748 e. The second kappa shape index (κ2) is 19.4. The zero-order valence-electron chi connectivity index (χ0n) is 35.8. The molecule has 1 atom stereocenters. The summed E-state index contributed by atoms with van der Waals surface area (Å²) in [5, 5.41) is 1.27. The van der Waals surface area contributed by atoms with Crippen LogP contribution < -0.4 is 14.8 Å². The lowest BCUT2D eigenvalue weighted by atomic mass is 9.77. The molecule has 3 heterocycles. The molecule has 4 aliphatic rings. The van der Waals surface area contributed by atoms with Gasteiger partial charge in [-0.25, -0.2) is 17.8 Å². The summed E-state index contributed by atoms with van der Waals surface area (Å²) < 4.78 is 110. The van der Waals surface area contributed by atoms with E-state index in [0.717, 1.165) is 16.5 Å². The maximum absolute atomic E-state index is 12.8. The molecule has 3 aliphatic heterocycles. The molecule has 2 N–H and O–H groups in total. The predicted octanol–water partition coefficient (Wildman–Crippen LogP) is 4.94. The molecule has 0 spiro atoms.